The highest BCUT2D eigenvalue weighted by molar-refractivity contribution is 5.97. The van der Waals surface area contributed by atoms with E-state index in [0.717, 1.165) is 36.1 Å². The first kappa shape index (κ1) is 17.3. The van der Waals surface area contributed by atoms with Crippen molar-refractivity contribution in [1.29, 1.82) is 0 Å². The van der Waals surface area contributed by atoms with Crippen LogP contribution < -0.4 is 5.32 Å². The number of fused-ring (bicyclic) bond motifs is 1. The summed E-state index contributed by atoms with van der Waals surface area (Å²) < 4.78 is 7.79. The van der Waals surface area contributed by atoms with Crippen LogP contribution in [0.5, 0.6) is 0 Å². The van der Waals surface area contributed by atoms with Gasteiger partial charge in [-0.15, -0.1) is 0 Å². The quantitative estimate of drug-likeness (QED) is 0.628. The zero-order valence-corrected chi connectivity index (χ0v) is 15.3. The number of amides is 1. The number of nitrogens with one attached hydrogen (secondary N) is 1. The number of hydrogen-bond donors (Lipinski definition) is 1. The van der Waals surface area contributed by atoms with Crippen molar-refractivity contribution in [3.63, 3.8) is 0 Å². The van der Waals surface area contributed by atoms with Crippen molar-refractivity contribution < 1.29 is 9.21 Å². The molecule has 0 saturated carbocycles. The molecule has 1 aromatic carbocycles. The highest BCUT2D eigenvalue weighted by Gasteiger charge is 2.18. The van der Waals surface area contributed by atoms with Gasteiger partial charge in [-0.3, -0.25) is 4.79 Å². The average molecular weight is 338 g/mol. The van der Waals surface area contributed by atoms with E-state index in [-0.39, 0.29) is 5.91 Å². The van der Waals surface area contributed by atoms with Crippen molar-refractivity contribution in [2.75, 3.05) is 6.54 Å². The number of nitrogens with zero attached hydrogens (tertiary/aromatic N) is 1. The van der Waals surface area contributed by atoms with Crippen LogP contribution in [0.2, 0.25) is 0 Å². The highest BCUT2D eigenvalue weighted by Crippen LogP contribution is 2.25. The van der Waals surface area contributed by atoms with Crippen LogP contribution in [0.4, 0.5) is 0 Å². The third-order valence-corrected chi connectivity index (χ3v) is 4.47. The molecule has 0 bridgehead atoms. The smallest absolute Gasteiger partial charge is 0.268 e. The summed E-state index contributed by atoms with van der Waals surface area (Å²) in [5.41, 5.74) is 4.79. The molecule has 0 aliphatic rings. The van der Waals surface area contributed by atoms with E-state index in [4.69, 9.17) is 4.42 Å². The number of benzene rings is 1. The summed E-state index contributed by atoms with van der Waals surface area (Å²) in [6.45, 7) is 7.53. The zero-order valence-electron chi connectivity index (χ0n) is 15.3. The van der Waals surface area contributed by atoms with Crippen molar-refractivity contribution in [2.24, 2.45) is 0 Å². The second-order valence-electron chi connectivity index (χ2n) is 6.67. The van der Waals surface area contributed by atoms with E-state index in [1.165, 1.54) is 11.1 Å². The van der Waals surface area contributed by atoms with E-state index >= 15 is 0 Å². The van der Waals surface area contributed by atoms with Gasteiger partial charge in [-0.2, -0.15) is 0 Å². The number of furan rings is 1. The Bertz CT molecular complexity index is 856. The fraction of sp³-hybridized carbons (Fsp3) is 0.381. The minimum Gasteiger partial charge on any atom is -0.460 e. The molecule has 0 saturated heterocycles. The van der Waals surface area contributed by atoms with Gasteiger partial charge in [-0.25, -0.2) is 0 Å². The number of aromatic nitrogens is 1. The Balaban J connectivity index is 1.88. The minimum atomic E-state index is -0.0349. The lowest BCUT2D eigenvalue weighted by Crippen LogP contribution is -2.27. The van der Waals surface area contributed by atoms with E-state index in [1.54, 1.807) is 0 Å². The predicted octanol–water partition coefficient (Wildman–Crippen LogP) is 4.82. The first-order valence-corrected chi connectivity index (χ1v) is 9.02. The molecule has 2 heterocycles. The Morgan fingerprint density at radius 3 is 2.60 bits per heavy atom. The number of aryl methyl sites for hydroxylation is 2. The third kappa shape index (κ3) is 3.95. The average Bonchev–Trinajstić information content (AvgIpc) is 3.11. The van der Waals surface area contributed by atoms with Crippen LogP contribution in [0, 0.1) is 13.8 Å². The Hall–Kier alpha value is -2.49. The number of rotatable bonds is 7. The van der Waals surface area contributed by atoms with Crippen LogP contribution in [-0.4, -0.2) is 17.0 Å². The topological polar surface area (TPSA) is 47.2 Å². The summed E-state index contributed by atoms with van der Waals surface area (Å²) in [4.78, 5) is 12.7. The fourth-order valence-electron chi connectivity index (χ4n) is 3.07. The van der Waals surface area contributed by atoms with Gasteiger partial charge < -0.3 is 14.3 Å². The monoisotopic (exact) mass is 338 g/mol. The van der Waals surface area contributed by atoms with Gasteiger partial charge in [0.05, 0.1) is 5.52 Å². The molecular formula is C21H26N2O2. The molecule has 132 valence electrons. The summed E-state index contributed by atoms with van der Waals surface area (Å²) in [6, 6.07) is 12.3. The van der Waals surface area contributed by atoms with Crippen molar-refractivity contribution in [2.45, 2.75) is 46.6 Å². The van der Waals surface area contributed by atoms with E-state index in [9.17, 15) is 4.79 Å². The Morgan fingerprint density at radius 1 is 1.12 bits per heavy atom. The Morgan fingerprint density at radius 2 is 1.88 bits per heavy atom. The maximum atomic E-state index is 12.7. The molecule has 3 aromatic rings. The molecule has 0 aliphatic heterocycles. The molecule has 0 atom stereocenters. The lowest BCUT2D eigenvalue weighted by Gasteiger charge is -2.11. The maximum Gasteiger partial charge on any atom is 0.268 e. The van der Waals surface area contributed by atoms with Gasteiger partial charge >= 0.3 is 0 Å². The highest BCUT2D eigenvalue weighted by atomic mass is 16.3. The Labute approximate surface area is 148 Å². The molecule has 2 aromatic heterocycles. The number of unbranched alkanes of at least 4 members (excludes halogenated alkanes) is 2. The summed E-state index contributed by atoms with van der Waals surface area (Å²) >= 11 is 0. The number of carbonyl (C=O) groups is 1. The molecule has 4 heteroatoms. The molecule has 0 radical (unpaired) electrons. The molecule has 0 aliphatic carbocycles. The van der Waals surface area contributed by atoms with Crippen LogP contribution in [-0.2, 0) is 6.54 Å². The Kier molecular flexibility index (Phi) is 5.27. The van der Waals surface area contributed by atoms with Crippen LogP contribution >= 0.6 is 0 Å². The van der Waals surface area contributed by atoms with Gasteiger partial charge in [0.2, 0.25) is 0 Å². The lowest BCUT2D eigenvalue weighted by atomic mass is 10.1. The van der Waals surface area contributed by atoms with Crippen LogP contribution in [0.3, 0.4) is 0 Å². The molecular weight excluding hydrogens is 312 g/mol. The number of hydrogen-bond acceptors (Lipinski definition) is 2. The number of carbonyl (C=O) groups excluding carboxylic acids is 1. The molecule has 4 nitrogen and oxygen atoms in total. The lowest BCUT2D eigenvalue weighted by molar-refractivity contribution is 0.0944. The maximum absolute atomic E-state index is 12.7. The van der Waals surface area contributed by atoms with Crippen molar-refractivity contribution in [3.8, 4) is 0 Å². The molecule has 0 unspecified atom stereocenters. The molecule has 3 rings (SSSR count). The van der Waals surface area contributed by atoms with Crippen molar-refractivity contribution in [1.82, 2.24) is 9.88 Å². The fourth-order valence-corrected chi connectivity index (χ4v) is 3.07. The largest absolute Gasteiger partial charge is 0.460 e. The van der Waals surface area contributed by atoms with E-state index in [0.29, 0.717) is 18.8 Å². The first-order valence-electron chi connectivity index (χ1n) is 9.02. The molecule has 25 heavy (non-hydrogen) atoms. The summed E-state index contributed by atoms with van der Waals surface area (Å²) in [5, 5.41) is 3.03. The summed E-state index contributed by atoms with van der Waals surface area (Å²) in [7, 11) is 0. The summed E-state index contributed by atoms with van der Waals surface area (Å²) in [6.07, 6.45) is 3.29. The third-order valence-electron chi connectivity index (χ3n) is 4.47. The summed E-state index contributed by atoms with van der Waals surface area (Å²) in [5.74, 6) is 0.824. The van der Waals surface area contributed by atoms with Gasteiger partial charge in [-0.05, 0) is 25.8 Å². The molecule has 1 amide bonds. The first-order chi connectivity index (χ1) is 12.1. The zero-order chi connectivity index (χ0) is 17.8. The standard InChI is InChI=1S/C21H26N2O2/c1-4-5-6-11-22-21(24)19-13-20-18(12-16(3)25-20)23(19)14-17-9-7-15(2)8-10-17/h7-10,12-13H,4-6,11,14H2,1-3H3,(H,22,24). The van der Waals surface area contributed by atoms with Crippen molar-refractivity contribution >= 4 is 17.0 Å². The second-order valence-corrected chi connectivity index (χ2v) is 6.67. The van der Waals surface area contributed by atoms with Crippen LogP contribution in [0.15, 0.2) is 40.8 Å². The normalized spacial score (nSPS) is 11.2. The SMILES string of the molecule is CCCCCNC(=O)c1cc2oc(C)cc2n1Cc1ccc(C)cc1. The predicted molar refractivity (Wildman–Crippen MR) is 101 cm³/mol. The van der Waals surface area contributed by atoms with Gasteiger partial charge in [0.1, 0.15) is 11.5 Å². The van der Waals surface area contributed by atoms with E-state index in [2.05, 4.69) is 43.4 Å². The van der Waals surface area contributed by atoms with Crippen LogP contribution in [0.1, 0.15) is 53.6 Å². The van der Waals surface area contributed by atoms with Gasteiger partial charge in [0.25, 0.3) is 5.91 Å². The van der Waals surface area contributed by atoms with Crippen molar-refractivity contribution in [3.05, 3.63) is 59.0 Å². The molecule has 0 fully saturated rings. The second kappa shape index (κ2) is 7.60. The van der Waals surface area contributed by atoms with Gasteiger partial charge in [0.15, 0.2) is 5.58 Å². The molecule has 0 spiro atoms. The molecule has 1 N–H and O–H groups in total. The minimum absolute atomic E-state index is 0.0349. The van der Waals surface area contributed by atoms with Crippen LogP contribution in [0.25, 0.3) is 11.1 Å². The van der Waals surface area contributed by atoms with E-state index < -0.39 is 0 Å². The van der Waals surface area contributed by atoms with Gasteiger partial charge in [0, 0.05) is 25.2 Å². The van der Waals surface area contributed by atoms with Gasteiger partial charge in [-0.1, -0.05) is 49.6 Å². The van der Waals surface area contributed by atoms with E-state index in [1.807, 2.05) is 23.6 Å².